The summed E-state index contributed by atoms with van der Waals surface area (Å²) in [6, 6.07) is 1.63. The first kappa shape index (κ1) is 18.1. The van der Waals surface area contributed by atoms with E-state index in [2.05, 4.69) is 4.98 Å². The lowest BCUT2D eigenvalue weighted by Gasteiger charge is -2.20. The van der Waals surface area contributed by atoms with Crippen LogP contribution in [0.25, 0.3) is 16.6 Å². The number of thiophene rings is 1. The minimum absolute atomic E-state index is 0.0105. The Morgan fingerprint density at radius 3 is 2.43 bits per heavy atom. The van der Waals surface area contributed by atoms with Gasteiger partial charge in [0.25, 0.3) is 5.56 Å². The predicted molar refractivity (Wildman–Crippen MR) is 107 cm³/mol. The van der Waals surface area contributed by atoms with Crippen LogP contribution in [0.4, 0.5) is 5.69 Å². The molecule has 3 aromatic rings. The smallest absolute Gasteiger partial charge is 0.332 e. The van der Waals surface area contributed by atoms with Crippen LogP contribution < -0.4 is 17.0 Å². The molecule has 0 aliphatic heterocycles. The molecule has 1 aliphatic carbocycles. The van der Waals surface area contributed by atoms with Gasteiger partial charge in [0.05, 0.1) is 22.2 Å². The maximum Gasteiger partial charge on any atom is 0.332 e. The number of aromatic nitrogens is 3. The topological polar surface area (TPSA) is 117 Å². The summed E-state index contributed by atoms with van der Waals surface area (Å²) < 4.78 is 2.12. The lowest BCUT2D eigenvalue weighted by molar-refractivity contribution is 0.100. The van der Waals surface area contributed by atoms with Crippen LogP contribution in [0.1, 0.15) is 38.2 Å². The molecule has 0 fully saturated rings. The average molecular weight is 396 g/mol. The lowest BCUT2D eigenvalue weighted by Crippen LogP contribution is -2.39. The van der Waals surface area contributed by atoms with Crippen molar-refractivity contribution in [2.45, 2.75) is 13.3 Å². The van der Waals surface area contributed by atoms with E-state index >= 15 is 0 Å². The summed E-state index contributed by atoms with van der Waals surface area (Å²) in [6.45, 7) is 1.80. The van der Waals surface area contributed by atoms with E-state index in [0.717, 1.165) is 4.57 Å². The molecular weight excluding hydrogens is 380 g/mol. The molecule has 0 aromatic carbocycles. The van der Waals surface area contributed by atoms with Crippen molar-refractivity contribution in [3.05, 3.63) is 60.1 Å². The van der Waals surface area contributed by atoms with Crippen molar-refractivity contribution >= 4 is 45.2 Å². The summed E-state index contributed by atoms with van der Waals surface area (Å²) in [5.41, 5.74) is 5.90. The number of carbonyl (C=O) groups is 2. The summed E-state index contributed by atoms with van der Waals surface area (Å²) in [4.78, 5) is 56.4. The molecule has 0 spiro atoms. The molecule has 2 N–H and O–H groups in total. The van der Waals surface area contributed by atoms with Gasteiger partial charge in [0.1, 0.15) is 5.65 Å². The number of rotatable bonds is 2. The second-order valence-electron chi connectivity index (χ2n) is 6.56. The highest BCUT2D eigenvalue weighted by molar-refractivity contribution is 7.12. The minimum Gasteiger partial charge on any atom is -0.398 e. The van der Waals surface area contributed by atoms with Gasteiger partial charge in [-0.2, -0.15) is 0 Å². The fourth-order valence-electron chi connectivity index (χ4n) is 3.46. The molecule has 0 amide bonds. The zero-order valence-electron chi connectivity index (χ0n) is 15.4. The molecule has 0 saturated carbocycles. The number of ketones is 2. The Morgan fingerprint density at radius 1 is 1.11 bits per heavy atom. The largest absolute Gasteiger partial charge is 0.398 e. The highest BCUT2D eigenvalue weighted by Crippen LogP contribution is 2.35. The molecule has 8 nitrogen and oxygen atoms in total. The number of anilines is 1. The molecule has 9 heteroatoms. The van der Waals surface area contributed by atoms with E-state index in [4.69, 9.17) is 5.73 Å². The van der Waals surface area contributed by atoms with Gasteiger partial charge in [-0.15, -0.1) is 11.3 Å². The van der Waals surface area contributed by atoms with Gasteiger partial charge in [0.2, 0.25) is 0 Å². The number of hydrogen-bond acceptors (Lipinski definition) is 7. The molecule has 1 aliphatic rings. The van der Waals surface area contributed by atoms with Crippen LogP contribution in [-0.4, -0.2) is 25.7 Å². The number of Topliss-reactive ketones (excluding diaryl/α,β-unsaturated/α-hetero) is 1. The van der Waals surface area contributed by atoms with E-state index in [1.54, 1.807) is 18.4 Å². The molecule has 0 unspecified atom stereocenters. The molecule has 3 aromatic heterocycles. The third kappa shape index (κ3) is 2.32. The first-order valence-electron chi connectivity index (χ1n) is 8.54. The summed E-state index contributed by atoms with van der Waals surface area (Å²) in [5.74, 6) is -0.840. The highest BCUT2D eigenvalue weighted by Gasteiger charge is 2.34. The molecule has 142 valence electrons. The molecule has 3 heterocycles. The van der Waals surface area contributed by atoms with Crippen molar-refractivity contribution in [3.8, 4) is 0 Å². The molecular formula is C19H16N4O4S. The van der Waals surface area contributed by atoms with Gasteiger partial charge in [-0.3, -0.25) is 23.5 Å². The monoisotopic (exact) mass is 396 g/mol. The second-order valence-corrected chi connectivity index (χ2v) is 7.47. The van der Waals surface area contributed by atoms with Crippen LogP contribution >= 0.6 is 11.3 Å². The van der Waals surface area contributed by atoms with E-state index in [0.29, 0.717) is 22.7 Å². The van der Waals surface area contributed by atoms with Crippen molar-refractivity contribution in [2.75, 3.05) is 5.73 Å². The van der Waals surface area contributed by atoms with E-state index in [1.165, 1.54) is 36.1 Å². The van der Waals surface area contributed by atoms with Gasteiger partial charge >= 0.3 is 5.69 Å². The fourth-order valence-corrected chi connectivity index (χ4v) is 4.28. The number of allylic oxidation sites excluding steroid dienone is 2. The van der Waals surface area contributed by atoms with Crippen molar-refractivity contribution in [1.29, 1.82) is 0 Å². The van der Waals surface area contributed by atoms with Crippen LogP contribution in [0.5, 0.6) is 0 Å². The zero-order chi connectivity index (χ0) is 20.3. The fraction of sp³-hybridized carbons (Fsp3) is 0.211. The van der Waals surface area contributed by atoms with Gasteiger partial charge in [-0.25, -0.2) is 9.78 Å². The average Bonchev–Trinajstić information content (AvgIpc) is 3.11. The second kappa shape index (κ2) is 6.10. The quantitative estimate of drug-likeness (QED) is 0.698. The molecule has 0 atom stereocenters. The Labute approximate surface area is 162 Å². The van der Waals surface area contributed by atoms with Gasteiger partial charge in [0.15, 0.2) is 11.6 Å². The molecule has 0 radical (unpaired) electrons. The first-order chi connectivity index (χ1) is 13.3. The Kier molecular flexibility index (Phi) is 3.93. The number of carbonyl (C=O) groups excluding carboxylic acids is 2. The van der Waals surface area contributed by atoms with Gasteiger partial charge in [-0.05, 0) is 18.6 Å². The number of fused-ring (bicyclic) bond motifs is 3. The Hall–Kier alpha value is -3.33. The third-order valence-electron chi connectivity index (χ3n) is 4.88. The van der Waals surface area contributed by atoms with Crippen LogP contribution in [0, 0.1) is 0 Å². The number of nitrogens with zero attached hydrogens (tertiary/aromatic N) is 3. The van der Waals surface area contributed by atoms with E-state index < -0.39 is 17.0 Å². The highest BCUT2D eigenvalue weighted by atomic mass is 32.1. The van der Waals surface area contributed by atoms with Crippen molar-refractivity contribution < 1.29 is 9.59 Å². The Morgan fingerprint density at radius 2 is 1.82 bits per heavy atom. The maximum absolute atomic E-state index is 13.3. The minimum atomic E-state index is -0.650. The molecule has 0 saturated heterocycles. The Bertz CT molecular complexity index is 1360. The van der Waals surface area contributed by atoms with Crippen molar-refractivity contribution in [2.24, 2.45) is 14.1 Å². The number of hydrogen-bond donors (Lipinski definition) is 1. The van der Waals surface area contributed by atoms with Crippen molar-refractivity contribution in [3.63, 3.8) is 0 Å². The van der Waals surface area contributed by atoms with Crippen LogP contribution in [-0.2, 0) is 20.5 Å². The molecule has 28 heavy (non-hydrogen) atoms. The van der Waals surface area contributed by atoms with E-state index in [1.807, 2.05) is 0 Å². The summed E-state index contributed by atoms with van der Waals surface area (Å²) in [7, 11) is 2.81. The number of nitrogen functional groups attached to an aromatic ring is 1. The van der Waals surface area contributed by atoms with Gasteiger partial charge in [-0.1, -0.05) is 6.92 Å². The van der Waals surface area contributed by atoms with Crippen LogP contribution in [0.3, 0.4) is 0 Å². The van der Waals surface area contributed by atoms with Crippen molar-refractivity contribution in [1.82, 2.24) is 14.1 Å². The summed E-state index contributed by atoms with van der Waals surface area (Å²) in [5, 5.41) is 1.67. The Balaban J connectivity index is 2.15. The number of nitrogens with two attached hydrogens (primary N) is 1. The zero-order valence-corrected chi connectivity index (χ0v) is 16.2. The van der Waals surface area contributed by atoms with Gasteiger partial charge in [0, 0.05) is 35.6 Å². The number of aryl methyl sites for hydroxylation is 2. The summed E-state index contributed by atoms with van der Waals surface area (Å²) in [6.07, 6.45) is 1.60. The summed E-state index contributed by atoms with van der Waals surface area (Å²) >= 11 is 1.27. The third-order valence-corrected chi connectivity index (χ3v) is 5.86. The van der Waals surface area contributed by atoms with E-state index in [9.17, 15) is 19.2 Å². The van der Waals surface area contributed by atoms with Crippen LogP contribution in [0.15, 0.2) is 27.1 Å². The van der Waals surface area contributed by atoms with Gasteiger partial charge < -0.3 is 5.73 Å². The molecule has 0 bridgehead atoms. The van der Waals surface area contributed by atoms with E-state index in [-0.39, 0.29) is 33.5 Å². The molecule has 4 rings (SSSR count). The van der Waals surface area contributed by atoms with Crippen LogP contribution in [0.2, 0.25) is 0 Å². The lowest BCUT2D eigenvalue weighted by atomic mass is 9.85. The normalized spacial score (nSPS) is 13.8. The standard InChI is InChI=1S/C19H16N4O4S/c1-4-10-13-14(15-17(21-10)22(2)19(27)23(3)18(15)26)11(24)6-9(16(13)25)12-5-8(20)7-28-12/h5-7H,4,20H2,1-3H3. The maximum atomic E-state index is 13.3. The predicted octanol–water partition coefficient (Wildman–Crippen LogP) is 1.30. The first-order valence-corrected chi connectivity index (χ1v) is 9.41. The number of pyridine rings is 1. The SMILES string of the molecule is CCc1nc2c(c3c1C(=O)C(c1cc(N)cs1)=CC3=O)c(=O)n(C)c(=O)n2C.